The summed E-state index contributed by atoms with van der Waals surface area (Å²) in [5.41, 5.74) is 3.00. The standard InChI is InChI=1S/C25H29N5O2S/c1-25(2,3)23(31)27-18-10-9-17(14-20(18)32-5)30-22(16-11-13-29(4)15-16)21(28-24(30)33)19-8-6-7-12-26-19/h6-15,21-22H,1-5H3,(H,27,31)(H,28,33)/t21-,22-/m1/s1. The van der Waals surface area contributed by atoms with E-state index in [9.17, 15) is 4.79 Å². The number of thiocarbonyl (C=S) groups is 1. The number of nitrogens with zero attached hydrogens (tertiary/aromatic N) is 3. The number of aromatic nitrogens is 2. The highest BCUT2D eigenvalue weighted by Crippen LogP contribution is 2.43. The topological polar surface area (TPSA) is 71.4 Å². The third kappa shape index (κ3) is 4.57. The zero-order chi connectivity index (χ0) is 23.8. The highest BCUT2D eigenvalue weighted by Gasteiger charge is 2.41. The quantitative estimate of drug-likeness (QED) is 0.540. The van der Waals surface area contributed by atoms with Crippen LogP contribution in [-0.4, -0.2) is 27.7 Å². The van der Waals surface area contributed by atoms with Crippen molar-refractivity contribution in [1.82, 2.24) is 14.9 Å². The van der Waals surface area contributed by atoms with Crippen LogP contribution in [0.5, 0.6) is 5.75 Å². The molecule has 0 unspecified atom stereocenters. The Labute approximate surface area is 199 Å². The second kappa shape index (κ2) is 8.86. The largest absolute Gasteiger partial charge is 0.494 e. The molecule has 2 atom stereocenters. The van der Waals surface area contributed by atoms with E-state index in [1.165, 1.54) is 0 Å². The Kier molecular flexibility index (Phi) is 6.12. The lowest BCUT2D eigenvalue weighted by Gasteiger charge is -2.28. The van der Waals surface area contributed by atoms with Crippen LogP contribution in [-0.2, 0) is 11.8 Å². The van der Waals surface area contributed by atoms with Gasteiger partial charge in [-0.25, -0.2) is 0 Å². The van der Waals surface area contributed by atoms with Crippen LogP contribution in [0.1, 0.15) is 44.1 Å². The molecule has 1 aromatic carbocycles. The number of carbonyl (C=O) groups is 1. The van der Waals surface area contributed by atoms with Gasteiger partial charge in [0, 0.05) is 42.8 Å². The van der Waals surface area contributed by atoms with Gasteiger partial charge in [-0.1, -0.05) is 26.8 Å². The van der Waals surface area contributed by atoms with Crippen LogP contribution >= 0.6 is 12.2 Å². The third-order valence-electron chi connectivity index (χ3n) is 5.69. The maximum absolute atomic E-state index is 12.5. The number of ether oxygens (including phenoxy) is 1. The number of methoxy groups -OCH3 is 1. The molecule has 2 aromatic heterocycles. The van der Waals surface area contributed by atoms with Crippen molar-refractivity contribution in [2.75, 3.05) is 17.3 Å². The van der Waals surface area contributed by atoms with Crippen molar-refractivity contribution in [3.63, 3.8) is 0 Å². The fourth-order valence-corrected chi connectivity index (χ4v) is 4.26. The van der Waals surface area contributed by atoms with Crippen LogP contribution in [0.25, 0.3) is 0 Å². The van der Waals surface area contributed by atoms with E-state index in [1.54, 1.807) is 13.3 Å². The number of carbonyl (C=O) groups excluding carboxylic acids is 1. The van der Waals surface area contributed by atoms with Gasteiger partial charge in [0.25, 0.3) is 0 Å². The third-order valence-corrected chi connectivity index (χ3v) is 6.00. The predicted octanol–water partition coefficient (Wildman–Crippen LogP) is 4.59. The van der Waals surface area contributed by atoms with Crippen molar-refractivity contribution in [1.29, 1.82) is 0 Å². The Morgan fingerprint density at radius 1 is 1.21 bits per heavy atom. The highest BCUT2D eigenvalue weighted by molar-refractivity contribution is 7.80. The minimum absolute atomic E-state index is 0.0794. The lowest BCUT2D eigenvalue weighted by Crippen LogP contribution is -2.30. The Bertz CT molecular complexity index is 1170. The number of hydrogen-bond acceptors (Lipinski definition) is 4. The molecular formula is C25H29N5O2S. The number of anilines is 2. The summed E-state index contributed by atoms with van der Waals surface area (Å²) in [4.78, 5) is 19.2. The van der Waals surface area contributed by atoms with Crippen LogP contribution in [0.4, 0.5) is 11.4 Å². The van der Waals surface area contributed by atoms with E-state index in [0.717, 1.165) is 16.9 Å². The molecule has 1 saturated heterocycles. The summed E-state index contributed by atoms with van der Waals surface area (Å²) in [6, 6.07) is 13.5. The summed E-state index contributed by atoms with van der Waals surface area (Å²) in [5.74, 6) is 0.491. The monoisotopic (exact) mass is 463 g/mol. The van der Waals surface area contributed by atoms with E-state index in [0.29, 0.717) is 16.5 Å². The summed E-state index contributed by atoms with van der Waals surface area (Å²) in [5, 5.41) is 7.03. The number of hydrogen-bond donors (Lipinski definition) is 2. The second-order valence-corrected chi connectivity index (χ2v) is 9.58. The molecule has 172 valence electrons. The molecular weight excluding hydrogens is 434 g/mol. The molecule has 8 heteroatoms. The first-order valence-electron chi connectivity index (χ1n) is 10.8. The van der Waals surface area contributed by atoms with Gasteiger partial charge in [0.1, 0.15) is 5.75 Å². The number of nitrogens with one attached hydrogen (secondary N) is 2. The van der Waals surface area contributed by atoms with Crippen molar-refractivity contribution < 1.29 is 9.53 Å². The van der Waals surface area contributed by atoms with Crippen LogP contribution in [0, 0.1) is 5.41 Å². The van der Waals surface area contributed by atoms with Gasteiger partial charge in [0.2, 0.25) is 5.91 Å². The van der Waals surface area contributed by atoms with E-state index >= 15 is 0 Å². The van der Waals surface area contributed by atoms with Crippen molar-refractivity contribution in [2.45, 2.75) is 32.9 Å². The molecule has 1 aliphatic heterocycles. The van der Waals surface area contributed by atoms with Crippen LogP contribution in [0.15, 0.2) is 61.1 Å². The predicted molar refractivity (Wildman–Crippen MR) is 134 cm³/mol. The SMILES string of the molecule is COc1cc(N2C(=S)N[C@H](c3ccccn3)[C@H]2c2ccn(C)c2)ccc1NC(=O)C(C)(C)C. The van der Waals surface area contributed by atoms with E-state index < -0.39 is 5.41 Å². The van der Waals surface area contributed by atoms with Gasteiger partial charge in [0.15, 0.2) is 5.11 Å². The van der Waals surface area contributed by atoms with Gasteiger partial charge < -0.3 is 24.8 Å². The molecule has 1 aliphatic rings. The molecule has 0 aliphatic carbocycles. The molecule has 7 nitrogen and oxygen atoms in total. The summed E-state index contributed by atoms with van der Waals surface area (Å²) in [6.45, 7) is 5.62. The Morgan fingerprint density at radius 3 is 2.61 bits per heavy atom. The van der Waals surface area contributed by atoms with Gasteiger partial charge in [-0.2, -0.15) is 0 Å². The molecule has 3 aromatic rings. The molecule has 0 saturated carbocycles. The first-order valence-corrected chi connectivity index (χ1v) is 11.2. The molecule has 3 heterocycles. The smallest absolute Gasteiger partial charge is 0.229 e. The van der Waals surface area contributed by atoms with Gasteiger partial charge in [-0.05, 0) is 48.1 Å². The lowest BCUT2D eigenvalue weighted by molar-refractivity contribution is -0.123. The molecule has 1 amide bonds. The average Bonchev–Trinajstić information content (AvgIpc) is 3.36. The molecule has 1 fully saturated rings. The molecule has 4 rings (SSSR count). The maximum atomic E-state index is 12.5. The molecule has 0 radical (unpaired) electrons. The first kappa shape index (κ1) is 22.8. The fourth-order valence-electron chi connectivity index (χ4n) is 3.91. The van der Waals surface area contributed by atoms with Crippen molar-refractivity contribution >= 4 is 34.6 Å². The number of pyridine rings is 1. The van der Waals surface area contributed by atoms with Crippen LogP contribution < -0.4 is 20.3 Å². The van der Waals surface area contributed by atoms with Gasteiger partial charge in [-0.3, -0.25) is 9.78 Å². The Hall–Kier alpha value is -3.39. The number of benzene rings is 1. The minimum atomic E-state index is -0.515. The molecule has 0 spiro atoms. The van der Waals surface area contributed by atoms with E-state index in [-0.39, 0.29) is 18.0 Å². The molecule has 2 N–H and O–H groups in total. The number of rotatable bonds is 5. The minimum Gasteiger partial charge on any atom is -0.494 e. The summed E-state index contributed by atoms with van der Waals surface area (Å²) in [6.07, 6.45) is 5.91. The zero-order valence-corrected chi connectivity index (χ0v) is 20.3. The van der Waals surface area contributed by atoms with Gasteiger partial charge in [0.05, 0.1) is 30.6 Å². The van der Waals surface area contributed by atoms with Crippen LogP contribution in [0.2, 0.25) is 0 Å². The van der Waals surface area contributed by atoms with Crippen LogP contribution in [0.3, 0.4) is 0 Å². The van der Waals surface area contributed by atoms with Crippen molar-refractivity contribution in [2.24, 2.45) is 12.5 Å². The maximum Gasteiger partial charge on any atom is 0.229 e. The molecule has 0 bridgehead atoms. The normalized spacial score (nSPS) is 18.2. The van der Waals surface area contributed by atoms with E-state index in [1.807, 2.05) is 75.0 Å². The van der Waals surface area contributed by atoms with Crippen molar-refractivity contribution in [3.8, 4) is 5.75 Å². The number of aryl methyl sites for hydroxylation is 1. The van der Waals surface area contributed by atoms with Crippen molar-refractivity contribution in [3.05, 3.63) is 72.3 Å². The van der Waals surface area contributed by atoms with Gasteiger partial charge >= 0.3 is 0 Å². The summed E-state index contributed by atoms with van der Waals surface area (Å²) < 4.78 is 7.65. The van der Waals surface area contributed by atoms with Gasteiger partial charge in [-0.15, -0.1) is 0 Å². The highest BCUT2D eigenvalue weighted by atomic mass is 32.1. The fraction of sp³-hybridized carbons (Fsp3) is 0.320. The Balaban J connectivity index is 1.74. The van der Waals surface area contributed by atoms with E-state index in [4.69, 9.17) is 17.0 Å². The molecule has 33 heavy (non-hydrogen) atoms. The summed E-state index contributed by atoms with van der Waals surface area (Å²) >= 11 is 5.78. The zero-order valence-electron chi connectivity index (χ0n) is 19.5. The average molecular weight is 464 g/mol. The lowest BCUT2D eigenvalue weighted by atomic mass is 9.95. The second-order valence-electron chi connectivity index (χ2n) is 9.20. The first-order chi connectivity index (χ1) is 15.7. The van der Waals surface area contributed by atoms with E-state index in [2.05, 4.69) is 32.8 Å². The summed E-state index contributed by atoms with van der Waals surface area (Å²) in [7, 11) is 3.60. The number of amides is 1. The Morgan fingerprint density at radius 2 is 2.00 bits per heavy atom.